The van der Waals surface area contributed by atoms with E-state index in [1.165, 1.54) is 0 Å². The molecule has 4 atom stereocenters. The molecular formula is C26H32ClN5O2. The van der Waals surface area contributed by atoms with Crippen LogP contribution in [-0.4, -0.2) is 50.2 Å². The molecule has 8 heteroatoms. The number of carbonyl (C=O) groups is 1. The molecule has 2 aromatic heterocycles. The summed E-state index contributed by atoms with van der Waals surface area (Å²) in [5.41, 5.74) is 4.46. The van der Waals surface area contributed by atoms with Crippen LogP contribution >= 0.6 is 11.6 Å². The van der Waals surface area contributed by atoms with Gasteiger partial charge in [-0.25, -0.2) is 4.98 Å². The summed E-state index contributed by atoms with van der Waals surface area (Å²) in [6, 6.07) is 13.5. The number of rotatable bonds is 8. The van der Waals surface area contributed by atoms with E-state index < -0.39 is 6.10 Å². The topological polar surface area (TPSA) is 94.1 Å². The van der Waals surface area contributed by atoms with E-state index in [4.69, 9.17) is 11.6 Å². The maximum absolute atomic E-state index is 13.1. The van der Waals surface area contributed by atoms with E-state index in [1.807, 2.05) is 50.4 Å². The molecule has 1 aliphatic rings. The van der Waals surface area contributed by atoms with Crippen LogP contribution in [-0.2, 0) is 6.42 Å². The van der Waals surface area contributed by atoms with Crippen LogP contribution in [0.2, 0.25) is 5.15 Å². The quantitative estimate of drug-likeness (QED) is 0.415. The van der Waals surface area contributed by atoms with E-state index in [-0.39, 0.29) is 24.0 Å². The van der Waals surface area contributed by atoms with E-state index in [1.54, 1.807) is 17.2 Å². The lowest BCUT2D eigenvalue weighted by molar-refractivity contribution is 0.0722. The number of aromatic amines is 1. The van der Waals surface area contributed by atoms with Gasteiger partial charge in [-0.2, -0.15) is 5.10 Å². The van der Waals surface area contributed by atoms with E-state index in [0.717, 1.165) is 48.2 Å². The Balaban J connectivity index is 1.34. The summed E-state index contributed by atoms with van der Waals surface area (Å²) in [6.07, 6.45) is 4.52. The molecule has 3 N–H and O–H groups in total. The number of aliphatic hydroxyl groups is 1. The average Bonchev–Trinajstić information content (AvgIpc) is 3.49. The number of amides is 1. The van der Waals surface area contributed by atoms with Crippen LogP contribution in [0.3, 0.4) is 0 Å². The van der Waals surface area contributed by atoms with Crippen molar-refractivity contribution >= 4 is 17.5 Å². The van der Waals surface area contributed by atoms with Gasteiger partial charge in [0.25, 0.3) is 5.91 Å². The number of nitrogens with zero attached hydrogens (tertiary/aromatic N) is 3. The molecule has 0 aliphatic carbocycles. The average molecular weight is 482 g/mol. The van der Waals surface area contributed by atoms with Crippen molar-refractivity contribution in [1.82, 2.24) is 25.4 Å². The standard InChI is InChI=1S/C26H32ClN5O2/c1-4-23(22-13-16(2)30-31-22)32(3)26(34)18-7-5-17(6-8-18)14-20-10-11-21(29-20)25(33)19-9-12-24(27)28-15-19/h5-9,12-13,15,20-21,23,25,29,33H,4,10-11,14H2,1-3H3,(H,30,31). The van der Waals surface area contributed by atoms with Gasteiger partial charge < -0.3 is 15.3 Å². The Morgan fingerprint density at radius 3 is 2.62 bits per heavy atom. The summed E-state index contributed by atoms with van der Waals surface area (Å²) < 4.78 is 0. The number of benzene rings is 1. The maximum atomic E-state index is 13.1. The number of pyridine rings is 1. The predicted octanol–water partition coefficient (Wildman–Crippen LogP) is 4.39. The number of carbonyl (C=O) groups excluding carboxylic acids is 1. The molecule has 0 radical (unpaired) electrons. The number of aryl methyl sites for hydroxylation is 1. The molecule has 3 heterocycles. The highest BCUT2D eigenvalue weighted by Gasteiger charge is 2.30. The number of hydrogen-bond donors (Lipinski definition) is 3. The minimum Gasteiger partial charge on any atom is -0.387 e. The van der Waals surface area contributed by atoms with Gasteiger partial charge in [0.2, 0.25) is 0 Å². The Labute approximate surface area is 205 Å². The molecule has 0 spiro atoms. The Hall–Kier alpha value is -2.74. The van der Waals surface area contributed by atoms with Crippen molar-refractivity contribution in [2.24, 2.45) is 0 Å². The maximum Gasteiger partial charge on any atom is 0.254 e. The van der Waals surface area contributed by atoms with Crippen LogP contribution in [0.5, 0.6) is 0 Å². The summed E-state index contributed by atoms with van der Waals surface area (Å²) in [5.74, 6) is -0.0159. The number of H-pyrrole nitrogens is 1. The third-order valence-electron chi connectivity index (χ3n) is 6.67. The molecule has 1 amide bonds. The van der Waals surface area contributed by atoms with Crippen molar-refractivity contribution in [3.8, 4) is 0 Å². The first kappa shape index (κ1) is 24.4. The zero-order chi connectivity index (χ0) is 24.2. The van der Waals surface area contributed by atoms with Gasteiger partial charge in [-0.05, 0) is 62.4 Å². The molecule has 3 aromatic rings. The smallest absolute Gasteiger partial charge is 0.254 e. The molecule has 4 rings (SSSR count). The van der Waals surface area contributed by atoms with Crippen LogP contribution in [0.4, 0.5) is 0 Å². The third-order valence-corrected chi connectivity index (χ3v) is 6.90. The molecule has 1 fully saturated rings. The number of nitrogens with one attached hydrogen (secondary N) is 2. The number of halogens is 1. The summed E-state index contributed by atoms with van der Waals surface area (Å²) in [4.78, 5) is 18.9. The van der Waals surface area contributed by atoms with Crippen molar-refractivity contribution in [2.75, 3.05) is 7.05 Å². The molecule has 180 valence electrons. The normalized spacial score (nSPS) is 19.7. The Bertz CT molecular complexity index is 1100. The molecule has 1 aromatic carbocycles. The SMILES string of the molecule is CCC(c1cc(C)[nH]n1)N(C)C(=O)c1ccc(CC2CCC(C(O)c3ccc(Cl)nc3)N2)cc1. The summed E-state index contributed by atoms with van der Waals surface area (Å²) in [7, 11) is 1.83. The van der Waals surface area contributed by atoms with Crippen LogP contribution in [0.15, 0.2) is 48.7 Å². The van der Waals surface area contributed by atoms with E-state index in [0.29, 0.717) is 10.7 Å². The predicted molar refractivity (Wildman–Crippen MR) is 133 cm³/mol. The molecule has 7 nitrogen and oxygen atoms in total. The molecule has 1 aliphatic heterocycles. The van der Waals surface area contributed by atoms with E-state index in [2.05, 4.69) is 27.4 Å². The minimum atomic E-state index is -0.616. The highest BCUT2D eigenvalue weighted by molar-refractivity contribution is 6.29. The van der Waals surface area contributed by atoms with Crippen LogP contribution in [0.1, 0.15) is 71.2 Å². The first-order valence-electron chi connectivity index (χ1n) is 11.8. The van der Waals surface area contributed by atoms with E-state index in [9.17, 15) is 9.90 Å². The molecule has 1 saturated heterocycles. The Kier molecular flexibility index (Phi) is 7.66. The van der Waals surface area contributed by atoms with Gasteiger partial charge >= 0.3 is 0 Å². The third kappa shape index (κ3) is 5.49. The zero-order valence-corrected chi connectivity index (χ0v) is 20.6. The highest BCUT2D eigenvalue weighted by atomic mass is 35.5. The van der Waals surface area contributed by atoms with Gasteiger partial charge in [-0.3, -0.25) is 9.89 Å². The van der Waals surface area contributed by atoms with Gasteiger partial charge in [0, 0.05) is 42.1 Å². The van der Waals surface area contributed by atoms with Crippen LogP contribution in [0.25, 0.3) is 0 Å². The second-order valence-electron chi connectivity index (χ2n) is 9.12. The fraction of sp³-hybridized carbons (Fsp3) is 0.423. The number of aliphatic hydroxyl groups excluding tert-OH is 1. The van der Waals surface area contributed by atoms with Crippen LogP contribution < -0.4 is 5.32 Å². The largest absolute Gasteiger partial charge is 0.387 e. The Morgan fingerprint density at radius 1 is 1.24 bits per heavy atom. The lowest BCUT2D eigenvalue weighted by Crippen LogP contribution is -2.35. The van der Waals surface area contributed by atoms with Gasteiger partial charge in [-0.1, -0.05) is 36.7 Å². The molecule has 0 bridgehead atoms. The minimum absolute atomic E-state index is 0.0147. The lowest BCUT2D eigenvalue weighted by atomic mass is 10.0. The second-order valence-corrected chi connectivity index (χ2v) is 9.51. The van der Waals surface area contributed by atoms with Crippen molar-refractivity contribution in [3.05, 3.63) is 81.9 Å². The highest BCUT2D eigenvalue weighted by Crippen LogP contribution is 2.27. The fourth-order valence-corrected chi connectivity index (χ4v) is 4.87. The molecule has 34 heavy (non-hydrogen) atoms. The van der Waals surface area contributed by atoms with Gasteiger partial charge in [-0.15, -0.1) is 0 Å². The fourth-order valence-electron chi connectivity index (χ4n) is 4.76. The number of aromatic nitrogens is 3. The van der Waals surface area contributed by atoms with Gasteiger partial charge in [0.05, 0.1) is 17.8 Å². The monoisotopic (exact) mass is 481 g/mol. The van der Waals surface area contributed by atoms with Crippen molar-refractivity contribution < 1.29 is 9.90 Å². The summed E-state index contributed by atoms with van der Waals surface area (Å²) in [6.45, 7) is 4.02. The summed E-state index contributed by atoms with van der Waals surface area (Å²) in [5, 5.41) is 22.0. The van der Waals surface area contributed by atoms with Gasteiger partial charge in [0.1, 0.15) is 5.15 Å². The van der Waals surface area contributed by atoms with Crippen molar-refractivity contribution in [1.29, 1.82) is 0 Å². The second kappa shape index (κ2) is 10.7. The lowest BCUT2D eigenvalue weighted by Gasteiger charge is -2.26. The first-order chi connectivity index (χ1) is 16.4. The Morgan fingerprint density at radius 2 is 2.00 bits per heavy atom. The molecular weight excluding hydrogens is 450 g/mol. The zero-order valence-electron chi connectivity index (χ0n) is 19.8. The number of hydrogen-bond acceptors (Lipinski definition) is 5. The van der Waals surface area contributed by atoms with Gasteiger partial charge in [0.15, 0.2) is 0 Å². The summed E-state index contributed by atoms with van der Waals surface area (Å²) >= 11 is 5.85. The first-order valence-corrected chi connectivity index (χ1v) is 12.2. The van der Waals surface area contributed by atoms with Crippen molar-refractivity contribution in [3.63, 3.8) is 0 Å². The molecule has 0 saturated carbocycles. The van der Waals surface area contributed by atoms with E-state index >= 15 is 0 Å². The molecule has 4 unspecified atom stereocenters. The van der Waals surface area contributed by atoms with Crippen LogP contribution in [0, 0.1) is 6.92 Å². The van der Waals surface area contributed by atoms with Crippen molar-refractivity contribution in [2.45, 2.75) is 63.8 Å².